The van der Waals surface area contributed by atoms with Gasteiger partial charge in [-0.25, -0.2) is 9.98 Å². The zero-order chi connectivity index (χ0) is 43.9. The second-order valence-electron chi connectivity index (χ2n) is 18.1. The van der Waals surface area contributed by atoms with Crippen LogP contribution in [-0.2, 0) is 10.8 Å². The molecule has 0 fully saturated rings. The summed E-state index contributed by atoms with van der Waals surface area (Å²) in [7, 11) is 0. The predicted octanol–water partition coefficient (Wildman–Crippen LogP) is 15.0. The van der Waals surface area contributed by atoms with Crippen molar-refractivity contribution < 1.29 is 0 Å². The summed E-state index contributed by atoms with van der Waals surface area (Å²) >= 11 is 0. The quantitative estimate of drug-likeness (QED) is 0.131. The lowest BCUT2D eigenvalue weighted by molar-refractivity contribution is 0.563. The van der Waals surface area contributed by atoms with Crippen LogP contribution in [0.25, 0.3) is 54.6 Å². The van der Waals surface area contributed by atoms with Gasteiger partial charge in [-0.05, 0) is 113 Å². The summed E-state index contributed by atoms with van der Waals surface area (Å²) in [6.07, 6.45) is 7.45. The van der Waals surface area contributed by atoms with Gasteiger partial charge in [0.15, 0.2) is 6.17 Å². The smallest absolute Gasteiger partial charge is 0.169 e. The summed E-state index contributed by atoms with van der Waals surface area (Å²) in [6, 6.07) is 67.4. The number of hydrogen-bond acceptors (Lipinski definition) is 3. The van der Waals surface area contributed by atoms with E-state index >= 15 is 0 Å². The maximum Gasteiger partial charge on any atom is 0.169 e. The lowest BCUT2D eigenvalue weighted by atomic mass is 9.55. The van der Waals surface area contributed by atoms with Crippen molar-refractivity contribution in [3.63, 3.8) is 0 Å². The first-order valence-electron chi connectivity index (χ1n) is 22.7. The van der Waals surface area contributed by atoms with E-state index < -0.39 is 11.6 Å². The third kappa shape index (κ3) is 5.75. The Morgan fingerprint density at radius 1 is 0.508 bits per heavy atom. The Balaban J connectivity index is 0.968. The molecule has 1 unspecified atom stereocenters. The average molecular weight is 834 g/mol. The van der Waals surface area contributed by atoms with Gasteiger partial charge in [0.2, 0.25) is 0 Å². The van der Waals surface area contributed by atoms with Crippen LogP contribution in [0.4, 0.5) is 0 Å². The van der Waals surface area contributed by atoms with Gasteiger partial charge in [0.1, 0.15) is 11.7 Å². The second kappa shape index (κ2) is 14.9. The molecule has 0 saturated carbocycles. The van der Waals surface area contributed by atoms with Gasteiger partial charge in [0.05, 0.1) is 5.41 Å². The van der Waals surface area contributed by atoms with Gasteiger partial charge in [-0.2, -0.15) is 0 Å². The monoisotopic (exact) mass is 833 g/mol. The molecule has 0 aromatic heterocycles. The number of allylic oxidation sites excluding steroid dienone is 3. The minimum Gasteiger partial charge on any atom is -0.324 e. The van der Waals surface area contributed by atoms with E-state index in [9.17, 15) is 0 Å². The highest BCUT2D eigenvalue weighted by Gasteiger charge is 2.53. The fourth-order valence-electron chi connectivity index (χ4n) is 11.3. The van der Waals surface area contributed by atoms with Crippen LogP contribution in [0.3, 0.4) is 0 Å². The molecule has 2 aliphatic carbocycles. The van der Waals surface area contributed by atoms with Gasteiger partial charge in [0, 0.05) is 16.6 Å². The lowest BCUT2D eigenvalue weighted by Gasteiger charge is -2.46. The van der Waals surface area contributed by atoms with Gasteiger partial charge in [0.25, 0.3) is 0 Å². The van der Waals surface area contributed by atoms with Crippen LogP contribution in [0.2, 0.25) is 0 Å². The van der Waals surface area contributed by atoms with Crippen molar-refractivity contribution in [3.8, 4) is 22.3 Å². The minimum atomic E-state index is -0.459. The molecule has 0 bridgehead atoms. The van der Waals surface area contributed by atoms with E-state index in [1.54, 1.807) is 0 Å². The van der Waals surface area contributed by atoms with E-state index in [1.165, 1.54) is 82.4 Å². The maximum atomic E-state index is 5.34. The van der Waals surface area contributed by atoms with Crippen LogP contribution < -0.4 is 5.32 Å². The largest absolute Gasteiger partial charge is 0.324 e. The molecule has 3 aliphatic rings. The molecule has 1 heterocycles. The number of hydrogen-bond donors (Lipinski definition) is 1. The molecule has 65 heavy (non-hydrogen) atoms. The molecule has 3 heteroatoms. The Kier molecular flexibility index (Phi) is 8.86. The molecule has 0 amide bonds. The van der Waals surface area contributed by atoms with Gasteiger partial charge < -0.3 is 5.32 Å². The zero-order valence-electron chi connectivity index (χ0n) is 36.8. The van der Waals surface area contributed by atoms with E-state index in [0.29, 0.717) is 0 Å². The number of rotatable bonds is 6. The first-order chi connectivity index (χ1) is 31.9. The predicted molar refractivity (Wildman–Crippen MR) is 273 cm³/mol. The summed E-state index contributed by atoms with van der Waals surface area (Å²) in [5.74, 6) is 1.54. The molecule has 9 aromatic carbocycles. The molecule has 1 aliphatic heterocycles. The van der Waals surface area contributed by atoms with E-state index in [4.69, 9.17) is 9.98 Å². The second-order valence-corrected chi connectivity index (χ2v) is 18.1. The van der Waals surface area contributed by atoms with Crippen molar-refractivity contribution in [2.24, 2.45) is 9.98 Å². The topological polar surface area (TPSA) is 36.8 Å². The third-order valence-electron chi connectivity index (χ3n) is 14.3. The molecular formula is C62H47N3. The number of aliphatic imine (C=N–C) groups is 2. The van der Waals surface area contributed by atoms with Crippen LogP contribution >= 0.6 is 0 Å². The summed E-state index contributed by atoms with van der Waals surface area (Å²) in [4.78, 5) is 10.6. The molecular weight excluding hydrogens is 787 g/mol. The van der Waals surface area contributed by atoms with E-state index in [-0.39, 0.29) is 5.41 Å². The highest BCUT2D eigenvalue weighted by molar-refractivity contribution is 6.26. The minimum absolute atomic E-state index is 0.226. The maximum absolute atomic E-state index is 5.34. The molecule has 310 valence electrons. The number of nitrogens with one attached hydrogen (secondary N) is 1. The van der Waals surface area contributed by atoms with Gasteiger partial charge in [-0.3, -0.25) is 0 Å². The van der Waals surface area contributed by atoms with Crippen LogP contribution in [0, 0.1) is 0 Å². The van der Waals surface area contributed by atoms with Crippen LogP contribution in [-0.4, -0.2) is 11.7 Å². The number of amidine groups is 2. The third-order valence-corrected chi connectivity index (χ3v) is 14.3. The van der Waals surface area contributed by atoms with Gasteiger partial charge >= 0.3 is 0 Å². The van der Waals surface area contributed by atoms with Crippen molar-refractivity contribution in [2.45, 2.75) is 37.8 Å². The number of fused-ring (bicyclic) bond motifs is 15. The molecule has 1 atom stereocenters. The van der Waals surface area contributed by atoms with Gasteiger partial charge in [-0.1, -0.05) is 215 Å². The summed E-state index contributed by atoms with van der Waals surface area (Å²) in [6.45, 7) is 10.8. The van der Waals surface area contributed by atoms with Gasteiger partial charge in [-0.15, -0.1) is 0 Å². The van der Waals surface area contributed by atoms with Crippen molar-refractivity contribution in [1.29, 1.82) is 0 Å². The highest BCUT2D eigenvalue weighted by Crippen LogP contribution is 2.62. The summed E-state index contributed by atoms with van der Waals surface area (Å²) in [5, 5.41) is 11.0. The van der Waals surface area contributed by atoms with E-state index in [2.05, 4.69) is 214 Å². The highest BCUT2D eigenvalue weighted by atomic mass is 15.2. The summed E-state index contributed by atoms with van der Waals surface area (Å²) in [5.41, 5.74) is 15.5. The van der Waals surface area contributed by atoms with Crippen molar-refractivity contribution >= 4 is 44.0 Å². The van der Waals surface area contributed by atoms with Crippen LogP contribution in [0.5, 0.6) is 0 Å². The molecule has 1 N–H and O–H groups in total. The Morgan fingerprint density at radius 2 is 1.03 bits per heavy atom. The average Bonchev–Trinajstić information content (AvgIpc) is 3.66. The molecule has 1 spiro atoms. The van der Waals surface area contributed by atoms with Crippen LogP contribution in [0.1, 0.15) is 71.4 Å². The Morgan fingerprint density at radius 3 is 1.66 bits per heavy atom. The fraction of sp³-hybridized carbons (Fsp3) is 0.0968. The Hall–Kier alpha value is -7.88. The lowest BCUT2D eigenvalue weighted by Crippen LogP contribution is -2.40. The first-order valence-corrected chi connectivity index (χ1v) is 22.7. The van der Waals surface area contributed by atoms with E-state index in [1.807, 2.05) is 25.2 Å². The molecule has 0 saturated heterocycles. The SMILES string of the molecule is C=C/C=C(\C=C/C)C1=NC(c2ccc(-c3ccc4c(c3)C(C)(C)c3ccccc3C43c4ccccc4-c4ccccc43)cc2)N=C(c2ccc3c4ccccc4c4ccccc4c3c2)N1. The molecule has 9 aromatic rings. The van der Waals surface area contributed by atoms with Crippen LogP contribution in [0.15, 0.2) is 228 Å². The van der Waals surface area contributed by atoms with E-state index in [0.717, 1.165) is 33.9 Å². The molecule has 12 rings (SSSR count). The normalized spacial score (nSPS) is 16.7. The van der Waals surface area contributed by atoms with Crippen molar-refractivity contribution in [3.05, 3.63) is 263 Å². The molecule has 0 radical (unpaired) electrons. The Labute approximate surface area is 380 Å². The number of nitrogens with zero attached hydrogens (tertiary/aromatic N) is 2. The first kappa shape index (κ1) is 38.8. The molecule has 3 nitrogen and oxygen atoms in total. The fourth-order valence-corrected chi connectivity index (χ4v) is 11.3. The number of benzene rings is 9. The summed E-state index contributed by atoms with van der Waals surface area (Å²) < 4.78 is 0. The van der Waals surface area contributed by atoms with Crippen molar-refractivity contribution in [2.75, 3.05) is 0 Å². The van der Waals surface area contributed by atoms with Crippen molar-refractivity contribution in [1.82, 2.24) is 5.32 Å². The Bertz CT molecular complexity index is 3500. The zero-order valence-corrected chi connectivity index (χ0v) is 36.8. The standard InChI is InChI=1S/C62H47N3/c1-5-17-40(18-6-2)58-63-59(65-60(64-58)43-33-35-48-46-21-8-7-19-44(46)45-20-9-10-22-47(45)51(48)37-43)41-31-29-39(30-32-41)42-34-36-56-57(38-42)61(3,4)54-27-15-16-28-55(54)62(56)52-25-13-11-23-49(52)50-24-12-14-26-53(50)62/h5-38,59H,1H2,2-4H3,(H,63,64,65)/b18-6-,40-17+.